The van der Waals surface area contributed by atoms with E-state index in [1.165, 1.54) is 17.0 Å². The summed E-state index contributed by atoms with van der Waals surface area (Å²) in [5.41, 5.74) is 2.10. The lowest BCUT2D eigenvalue weighted by molar-refractivity contribution is -0.139. The molecule has 1 atom stereocenters. The highest BCUT2D eigenvalue weighted by molar-refractivity contribution is 9.10. The maximum Gasteiger partial charge on any atom is 0.264 e. The van der Waals surface area contributed by atoms with Gasteiger partial charge in [-0.1, -0.05) is 77.8 Å². The van der Waals surface area contributed by atoms with E-state index in [4.69, 9.17) is 0 Å². The van der Waals surface area contributed by atoms with Crippen LogP contribution in [0.15, 0.2) is 88.2 Å². The van der Waals surface area contributed by atoms with Crippen LogP contribution in [0.3, 0.4) is 0 Å². The third-order valence-corrected chi connectivity index (χ3v) is 8.37. The highest BCUT2D eigenvalue weighted by Crippen LogP contribution is 2.25. The van der Waals surface area contributed by atoms with Crippen LogP contribution in [0.2, 0.25) is 0 Å². The van der Waals surface area contributed by atoms with E-state index in [0.717, 1.165) is 19.9 Å². The summed E-state index contributed by atoms with van der Waals surface area (Å²) in [4.78, 5) is 28.4. The average Bonchev–Trinajstić information content (AvgIpc) is 2.90. The number of anilines is 1. The number of benzene rings is 3. The van der Waals surface area contributed by atoms with Gasteiger partial charge in [0.1, 0.15) is 12.6 Å². The summed E-state index contributed by atoms with van der Waals surface area (Å²) in [5, 5.41) is 2.89. The summed E-state index contributed by atoms with van der Waals surface area (Å²) in [5.74, 6) is -0.536. The van der Waals surface area contributed by atoms with Gasteiger partial charge in [-0.3, -0.25) is 13.9 Å². The molecule has 0 radical (unpaired) electrons. The molecule has 2 amide bonds. The Morgan fingerprint density at radius 1 is 0.895 bits per heavy atom. The second-order valence-electron chi connectivity index (χ2n) is 9.62. The molecule has 202 valence electrons. The van der Waals surface area contributed by atoms with Crippen LogP contribution in [0.1, 0.15) is 31.9 Å². The van der Waals surface area contributed by atoms with Gasteiger partial charge in [-0.25, -0.2) is 8.42 Å². The van der Waals surface area contributed by atoms with Gasteiger partial charge in [-0.05, 0) is 61.7 Å². The minimum Gasteiger partial charge on any atom is -0.354 e. The standard InChI is InChI=1S/C29H34BrN3O4S/c1-21(2)18-31-29(35)23(4)32(19-24-12-14-25(30)15-13-24)28(34)20-33(26-8-6-5-7-9-26)38(36,37)27-16-10-22(3)11-17-27/h5-17,21,23H,18-20H2,1-4H3,(H,31,35). The van der Waals surface area contributed by atoms with Gasteiger partial charge in [0.15, 0.2) is 0 Å². The van der Waals surface area contributed by atoms with Gasteiger partial charge in [-0.15, -0.1) is 0 Å². The number of carbonyl (C=O) groups is 2. The van der Waals surface area contributed by atoms with Gasteiger partial charge in [0, 0.05) is 17.6 Å². The molecule has 0 aliphatic carbocycles. The Balaban J connectivity index is 1.97. The van der Waals surface area contributed by atoms with Gasteiger partial charge < -0.3 is 10.2 Å². The molecule has 38 heavy (non-hydrogen) atoms. The SMILES string of the molecule is Cc1ccc(S(=O)(=O)N(CC(=O)N(Cc2ccc(Br)cc2)C(C)C(=O)NCC(C)C)c2ccccc2)cc1. The summed E-state index contributed by atoms with van der Waals surface area (Å²) in [7, 11) is -4.07. The van der Waals surface area contributed by atoms with Crippen LogP contribution >= 0.6 is 15.9 Å². The number of hydrogen-bond donors (Lipinski definition) is 1. The third kappa shape index (κ3) is 7.68. The first kappa shape index (κ1) is 29.4. The van der Waals surface area contributed by atoms with Crippen molar-refractivity contribution in [3.8, 4) is 0 Å². The molecular weight excluding hydrogens is 566 g/mol. The van der Waals surface area contributed by atoms with Crippen LogP contribution < -0.4 is 9.62 Å². The lowest BCUT2D eigenvalue weighted by Gasteiger charge is -2.32. The van der Waals surface area contributed by atoms with E-state index in [9.17, 15) is 18.0 Å². The fourth-order valence-corrected chi connectivity index (χ4v) is 5.46. The number of carbonyl (C=O) groups excluding carboxylic acids is 2. The summed E-state index contributed by atoms with van der Waals surface area (Å²) >= 11 is 3.42. The number of hydrogen-bond acceptors (Lipinski definition) is 4. The normalized spacial score (nSPS) is 12.2. The molecule has 0 aromatic heterocycles. The molecule has 0 aliphatic heterocycles. The van der Waals surface area contributed by atoms with Gasteiger partial charge in [0.25, 0.3) is 10.0 Å². The summed E-state index contributed by atoms with van der Waals surface area (Å²) in [6, 6.07) is 21.7. The highest BCUT2D eigenvalue weighted by Gasteiger charge is 2.32. The van der Waals surface area contributed by atoms with Crippen molar-refractivity contribution in [3.63, 3.8) is 0 Å². The fraction of sp³-hybridized carbons (Fsp3) is 0.310. The lowest BCUT2D eigenvalue weighted by Crippen LogP contribution is -2.51. The Bertz CT molecular complexity index is 1330. The topological polar surface area (TPSA) is 86.8 Å². The molecule has 0 aliphatic rings. The predicted octanol–water partition coefficient (Wildman–Crippen LogP) is 5.14. The van der Waals surface area contributed by atoms with Crippen molar-refractivity contribution in [2.24, 2.45) is 5.92 Å². The van der Waals surface area contributed by atoms with Crippen molar-refractivity contribution in [2.75, 3.05) is 17.4 Å². The maximum absolute atomic E-state index is 13.8. The zero-order chi connectivity index (χ0) is 27.9. The van der Waals surface area contributed by atoms with Crippen molar-refractivity contribution < 1.29 is 18.0 Å². The maximum atomic E-state index is 13.8. The van der Waals surface area contributed by atoms with Gasteiger partial charge >= 0.3 is 0 Å². The smallest absolute Gasteiger partial charge is 0.264 e. The first-order chi connectivity index (χ1) is 18.0. The Hall–Kier alpha value is -3.17. The number of halogens is 1. The molecule has 1 unspecified atom stereocenters. The van der Waals surface area contributed by atoms with Crippen LogP contribution in [-0.2, 0) is 26.2 Å². The molecule has 7 nitrogen and oxygen atoms in total. The first-order valence-electron chi connectivity index (χ1n) is 12.4. The van der Waals surface area contributed by atoms with Crippen LogP contribution in [0, 0.1) is 12.8 Å². The quantitative estimate of drug-likeness (QED) is 0.330. The third-order valence-electron chi connectivity index (χ3n) is 6.05. The van der Waals surface area contributed by atoms with E-state index < -0.39 is 28.5 Å². The summed E-state index contributed by atoms with van der Waals surface area (Å²) < 4.78 is 29.5. The number of aryl methyl sites for hydroxylation is 1. The number of sulfonamides is 1. The average molecular weight is 601 g/mol. The Morgan fingerprint density at radius 2 is 1.50 bits per heavy atom. The second-order valence-corrected chi connectivity index (χ2v) is 12.4. The molecule has 0 saturated heterocycles. The van der Waals surface area contributed by atoms with Crippen molar-refractivity contribution in [3.05, 3.63) is 94.5 Å². The fourth-order valence-electron chi connectivity index (χ4n) is 3.78. The largest absolute Gasteiger partial charge is 0.354 e. The molecule has 3 rings (SSSR count). The van der Waals surface area contributed by atoms with Crippen LogP contribution in [-0.4, -0.2) is 44.3 Å². The van der Waals surface area contributed by atoms with E-state index in [-0.39, 0.29) is 23.3 Å². The van der Waals surface area contributed by atoms with E-state index in [1.807, 2.05) is 45.0 Å². The lowest BCUT2D eigenvalue weighted by atomic mass is 10.1. The van der Waals surface area contributed by atoms with Crippen molar-refractivity contribution in [1.29, 1.82) is 0 Å². The Morgan fingerprint density at radius 3 is 2.08 bits per heavy atom. The molecule has 0 saturated carbocycles. The van der Waals surface area contributed by atoms with Crippen LogP contribution in [0.25, 0.3) is 0 Å². The summed E-state index contributed by atoms with van der Waals surface area (Å²) in [6.07, 6.45) is 0. The number of amides is 2. The summed E-state index contributed by atoms with van der Waals surface area (Å²) in [6.45, 7) is 7.68. The van der Waals surface area contributed by atoms with Gasteiger partial charge in [0.05, 0.1) is 10.6 Å². The van der Waals surface area contributed by atoms with Crippen molar-refractivity contribution >= 4 is 43.5 Å². The molecule has 3 aromatic rings. The van der Waals surface area contributed by atoms with Crippen LogP contribution in [0.5, 0.6) is 0 Å². The van der Waals surface area contributed by atoms with Crippen LogP contribution in [0.4, 0.5) is 5.69 Å². The molecule has 3 aromatic carbocycles. The van der Waals surface area contributed by atoms with E-state index in [1.54, 1.807) is 49.4 Å². The number of nitrogens with one attached hydrogen (secondary N) is 1. The minimum absolute atomic E-state index is 0.0851. The van der Waals surface area contributed by atoms with Gasteiger partial charge in [-0.2, -0.15) is 0 Å². The Kier molecular flexibility index (Phi) is 10.1. The zero-order valence-electron chi connectivity index (χ0n) is 22.1. The first-order valence-corrected chi connectivity index (χ1v) is 14.7. The van der Waals surface area contributed by atoms with Crippen molar-refractivity contribution in [1.82, 2.24) is 10.2 Å². The predicted molar refractivity (Wildman–Crippen MR) is 154 cm³/mol. The molecular formula is C29H34BrN3O4S. The molecule has 0 heterocycles. The number of para-hydroxylation sites is 1. The van der Waals surface area contributed by atoms with Gasteiger partial charge in [0.2, 0.25) is 11.8 Å². The molecule has 0 fully saturated rings. The Labute approximate surface area is 234 Å². The zero-order valence-corrected chi connectivity index (χ0v) is 24.5. The number of nitrogens with zero attached hydrogens (tertiary/aromatic N) is 2. The van der Waals surface area contributed by atoms with E-state index in [0.29, 0.717) is 12.2 Å². The minimum atomic E-state index is -4.07. The number of rotatable bonds is 11. The molecule has 0 spiro atoms. The second kappa shape index (κ2) is 13.1. The van der Waals surface area contributed by atoms with E-state index >= 15 is 0 Å². The molecule has 0 bridgehead atoms. The molecule has 1 N–H and O–H groups in total. The monoisotopic (exact) mass is 599 g/mol. The highest BCUT2D eigenvalue weighted by atomic mass is 79.9. The van der Waals surface area contributed by atoms with E-state index in [2.05, 4.69) is 21.2 Å². The van der Waals surface area contributed by atoms with Crippen molar-refractivity contribution in [2.45, 2.75) is 45.2 Å². The molecule has 9 heteroatoms.